The molecule has 1 saturated heterocycles. The number of benzene rings is 2. The van der Waals surface area contributed by atoms with Gasteiger partial charge in [-0.15, -0.1) is 11.8 Å². The van der Waals surface area contributed by atoms with E-state index in [1.165, 1.54) is 0 Å². The van der Waals surface area contributed by atoms with E-state index in [4.69, 9.17) is 23.2 Å². The largest absolute Gasteiger partial charge is 0.322 e. The molecule has 1 aliphatic rings. The predicted octanol–water partition coefficient (Wildman–Crippen LogP) is 4.82. The lowest BCUT2D eigenvalue weighted by atomic mass is 10.1. The quantitative estimate of drug-likeness (QED) is 0.629. The number of aromatic nitrogens is 2. The number of thioether (sulfide) groups is 1. The number of amides is 1. The fourth-order valence-electron chi connectivity index (χ4n) is 2.90. The highest BCUT2D eigenvalue weighted by Crippen LogP contribution is 2.42. The Labute approximate surface area is 159 Å². The highest BCUT2D eigenvalue weighted by molar-refractivity contribution is 7.99. The van der Waals surface area contributed by atoms with Crippen LogP contribution in [0.15, 0.2) is 48.8 Å². The van der Waals surface area contributed by atoms with Gasteiger partial charge in [-0.25, -0.2) is 0 Å². The maximum atomic E-state index is 13.0. The average molecular weight is 390 g/mol. The molecule has 0 radical (unpaired) electrons. The Hall–Kier alpha value is -1.82. The van der Waals surface area contributed by atoms with E-state index in [0.29, 0.717) is 27.7 Å². The molecule has 4 rings (SSSR count). The summed E-state index contributed by atoms with van der Waals surface area (Å²) in [5.41, 5.74) is 2.99. The van der Waals surface area contributed by atoms with E-state index >= 15 is 0 Å². The van der Waals surface area contributed by atoms with Crippen LogP contribution in [0, 0.1) is 0 Å². The minimum atomic E-state index is -0.116. The standard InChI is InChI=1S/C18H13Cl2N3OS/c19-12-2-3-13(14(20)10-12)18-23(7-8-25-18)17(24)11-1-4-15-16(9-11)22-6-5-21-15/h1-6,9-10,18H,7-8H2. The van der Waals surface area contributed by atoms with E-state index in [-0.39, 0.29) is 11.3 Å². The average Bonchev–Trinajstić information content (AvgIpc) is 3.10. The molecular weight excluding hydrogens is 377 g/mol. The minimum absolute atomic E-state index is 0.0337. The second-order valence-corrected chi connectivity index (χ2v) is 7.68. The molecule has 0 bridgehead atoms. The van der Waals surface area contributed by atoms with E-state index in [0.717, 1.165) is 16.8 Å². The molecule has 1 amide bonds. The zero-order chi connectivity index (χ0) is 17.4. The van der Waals surface area contributed by atoms with E-state index in [1.54, 1.807) is 48.4 Å². The number of rotatable bonds is 2. The zero-order valence-corrected chi connectivity index (χ0v) is 15.4. The van der Waals surface area contributed by atoms with Gasteiger partial charge < -0.3 is 4.90 Å². The maximum absolute atomic E-state index is 13.0. The van der Waals surface area contributed by atoms with Gasteiger partial charge in [-0.1, -0.05) is 29.3 Å². The molecule has 7 heteroatoms. The number of halogens is 2. The number of fused-ring (bicyclic) bond motifs is 1. The highest BCUT2D eigenvalue weighted by atomic mass is 35.5. The van der Waals surface area contributed by atoms with Gasteiger partial charge in [-0.3, -0.25) is 14.8 Å². The first-order chi connectivity index (χ1) is 12.1. The third-order valence-electron chi connectivity index (χ3n) is 4.10. The summed E-state index contributed by atoms with van der Waals surface area (Å²) in [5.74, 6) is 0.830. The molecule has 1 aliphatic heterocycles. The third kappa shape index (κ3) is 3.19. The van der Waals surface area contributed by atoms with Crippen LogP contribution in [0.3, 0.4) is 0 Å². The molecule has 1 aromatic heterocycles. The van der Waals surface area contributed by atoms with Gasteiger partial charge in [-0.2, -0.15) is 0 Å². The van der Waals surface area contributed by atoms with Gasteiger partial charge in [0.1, 0.15) is 5.37 Å². The van der Waals surface area contributed by atoms with Crippen molar-refractivity contribution in [2.75, 3.05) is 12.3 Å². The molecule has 2 aromatic carbocycles. The number of carbonyl (C=O) groups is 1. The molecule has 25 heavy (non-hydrogen) atoms. The summed E-state index contributed by atoms with van der Waals surface area (Å²) in [5, 5.41) is 1.05. The second kappa shape index (κ2) is 6.83. The molecule has 0 aliphatic carbocycles. The van der Waals surface area contributed by atoms with Crippen LogP contribution in [0.4, 0.5) is 0 Å². The molecule has 126 valence electrons. The van der Waals surface area contributed by atoms with Gasteiger partial charge in [0.15, 0.2) is 0 Å². The van der Waals surface area contributed by atoms with Crippen molar-refractivity contribution in [2.45, 2.75) is 5.37 Å². The smallest absolute Gasteiger partial charge is 0.255 e. The van der Waals surface area contributed by atoms with Gasteiger partial charge in [0, 0.05) is 45.9 Å². The Morgan fingerprint density at radius 3 is 2.68 bits per heavy atom. The zero-order valence-electron chi connectivity index (χ0n) is 13.0. The third-order valence-corrected chi connectivity index (χ3v) is 5.90. The number of hydrogen-bond acceptors (Lipinski definition) is 4. The summed E-state index contributed by atoms with van der Waals surface area (Å²) in [4.78, 5) is 23.4. The van der Waals surface area contributed by atoms with E-state index < -0.39 is 0 Å². The first-order valence-corrected chi connectivity index (χ1v) is 9.52. The fourth-order valence-corrected chi connectivity index (χ4v) is 4.77. The number of carbonyl (C=O) groups excluding carboxylic acids is 1. The van der Waals surface area contributed by atoms with E-state index in [2.05, 4.69) is 9.97 Å². The SMILES string of the molecule is O=C(c1ccc2nccnc2c1)N1CCSC1c1ccc(Cl)cc1Cl. The van der Waals surface area contributed by atoms with Crippen LogP contribution in [0.5, 0.6) is 0 Å². The number of nitrogens with zero attached hydrogens (tertiary/aromatic N) is 3. The first kappa shape index (κ1) is 16.6. The van der Waals surface area contributed by atoms with Crippen molar-refractivity contribution in [1.29, 1.82) is 0 Å². The summed E-state index contributed by atoms with van der Waals surface area (Å²) in [6, 6.07) is 10.8. The van der Waals surface area contributed by atoms with Crippen LogP contribution in [0.2, 0.25) is 10.0 Å². The predicted molar refractivity (Wildman–Crippen MR) is 102 cm³/mol. The fraction of sp³-hybridized carbons (Fsp3) is 0.167. The molecule has 2 heterocycles. The van der Waals surface area contributed by atoms with Gasteiger partial charge in [0.25, 0.3) is 5.91 Å². The van der Waals surface area contributed by atoms with Crippen LogP contribution in [-0.4, -0.2) is 33.1 Å². The van der Waals surface area contributed by atoms with Crippen molar-refractivity contribution in [3.63, 3.8) is 0 Å². The Kier molecular flexibility index (Phi) is 4.54. The van der Waals surface area contributed by atoms with Gasteiger partial charge in [0.05, 0.1) is 11.0 Å². The van der Waals surface area contributed by atoms with Crippen molar-refractivity contribution in [2.24, 2.45) is 0 Å². The van der Waals surface area contributed by atoms with Crippen LogP contribution < -0.4 is 0 Å². The maximum Gasteiger partial charge on any atom is 0.255 e. The summed E-state index contributed by atoms with van der Waals surface area (Å²) >= 11 is 14.0. The molecule has 1 atom stereocenters. The molecular formula is C18H13Cl2N3OS. The number of hydrogen-bond donors (Lipinski definition) is 0. The summed E-state index contributed by atoms with van der Waals surface area (Å²) in [6.45, 7) is 0.672. The van der Waals surface area contributed by atoms with Crippen LogP contribution in [0.25, 0.3) is 11.0 Å². The first-order valence-electron chi connectivity index (χ1n) is 7.72. The van der Waals surface area contributed by atoms with Crippen molar-refractivity contribution < 1.29 is 4.79 Å². The Balaban J connectivity index is 1.67. The Morgan fingerprint density at radius 2 is 1.88 bits per heavy atom. The molecule has 0 saturated carbocycles. The Bertz CT molecular complexity index is 966. The minimum Gasteiger partial charge on any atom is -0.322 e. The monoisotopic (exact) mass is 389 g/mol. The van der Waals surface area contributed by atoms with Crippen molar-refractivity contribution in [1.82, 2.24) is 14.9 Å². The highest BCUT2D eigenvalue weighted by Gasteiger charge is 2.32. The lowest BCUT2D eigenvalue weighted by Gasteiger charge is -2.25. The van der Waals surface area contributed by atoms with Gasteiger partial charge in [-0.05, 0) is 30.3 Å². The normalized spacial score (nSPS) is 17.2. The summed E-state index contributed by atoms with van der Waals surface area (Å²) in [6.07, 6.45) is 3.26. The molecule has 1 unspecified atom stereocenters. The van der Waals surface area contributed by atoms with Crippen LogP contribution >= 0.6 is 35.0 Å². The second-order valence-electron chi connectivity index (χ2n) is 5.65. The lowest BCUT2D eigenvalue weighted by Crippen LogP contribution is -2.30. The topological polar surface area (TPSA) is 46.1 Å². The lowest BCUT2D eigenvalue weighted by molar-refractivity contribution is 0.0760. The molecule has 4 nitrogen and oxygen atoms in total. The summed E-state index contributed by atoms with van der Waals surface area (Å²) in [7, 11) is 0. The van der Waals surface area contributed by atoms with Crippen LogP contribution in [-0.2, 0) is 0 Å². The molecule has 1 fully saturated rings. The molecule has 0 N–H and O–H groups in total. The Morgan fingerprint density at radius 1 is 1.08 bits per heavy atom. The molecule has 3 aromatic rings. The van der Waals surface area contributed by atoms with Crippen molar-refractivity contribution >= 4 is 51.9 Å². The van der Waals surface area contributed by atoms with Crippen LogP contribution in [0.1, 0.15) is 21.3 Å². The van der Waals surface area contributed by atoms with Crippen molar-refractivity contribution in [3.8, 4) is 0 Å². The van der Waals surface area contributed by atoms with Crippen molar-refractivity contribution in [3.05, 3.63) is 70.0 Å². The molecule has 0 spiro atoms. The van der Waals surface area contributed by atoms with Gasteiger partial charge >= 0.3 is 0 Å². The summed E-state index contributed by atoms with van der Waals surface area (Å²) < 4.78 is 0. The van der Waals surface area contributed by atoms with E-state index in [9.17, 15) is 4.79 Å². The van der Waals surface area contributed by atoms with E-state index in [1.807, 2.05) is 17.0 Å². The van der Waals surface area contributed by atoms with Gasteiger partial charge in [0.2, 0.25) is 0 Å².